The van der Waals surface area contributed by atoms with Crippen molar-refractivity contribution in [2.45, 2.75) is 91.9 Å². The van der Waals surface area contributed by atoms with Crippen LogP contribution in [0.4, 0.5) is 0 Å². The Kier molecular flexibility index (Phi) is 6.59. The quantitative estimate of drug-likeness (QED) is 0.382. The van der Waals surface area contributed by atoms with Crippen molar-refractivity contribution in [2.75, 3.05) is 0 Å². The summed E-state index contributed by atoms with van der Waals surface area (Å²) in [4.78, 5) is 0. The van der Waals surface area contributed by atoms with Crippen LogP contribution in [-0.2, 0) is 0 Å². The first-order chi connectivity index (χ1) is 8.02. The van der Waals surface area contributed by atoms with E-state index in [0.29, 0.717) is 5.41 Å². The lowest BCUT2D eigenvalue weighted by Gasteiger charge is -2.28. The molecule has 0 aromatic carbocycles. The van der Waals surface area contributed by atoms with Gasteiger partial charge in [-0.05, 0) is 36.5 Å². The summed E-state index contributed by atoms with van der Waals surface area (Å²) in [6.07, 6.45) is 14.7. The van der Waals surface area contributed by atoms with Crippen molar-refractivity contribution >= 4 is 0 Å². The van der Waals surface area contributed by atoms with Gasteiger partial charge in [0.1, 0.15) is 0 Å². The first-order valence-corrected chi connectivity index (χ1v) is 8.02. The van der Waals surface area contributed by atoms with Gasteiger partial charge in [0.2, 0.25) is 0 Å². The summed E-state index contributed by atoms with van der Waals surface area (Å²) in [5.41, 5.74) is 0.683. The van der Waals surface area contributed by atoms with E-state index < -0.39 is 0 Å². The van der Waals surface area contributed by atoms with Crippen LogP contribution in [-0.4, -0.2) is 0 Å². The molecule has 0 aromatic heterocycles. The van der Waals surface area contributed by atoms with Crippen molar-refractivity contribution in [3.8, 4) is 0 Å². The Morgan fingerprint density at radius 1 is 1.06 bits per heavy atom. The molecule has 1 aliphatic rings. The first-order valence-electron chi connectivity index (χ1n) is 8.02. The molecule has 17 heavy (non-hydrogen) atoms. The van der Waals surface area contributed by atoms with Gasteiger partial charge in [0.25, 0.3) is 0 Å². The van der Waals surface area contributed by atoms with Crippen LogP contribution in [0.5, 0.6) is 0 Å². The van der Waals surface area contributed by atoms with Crippen LogP contribution < -0.4 is 0 Å². The highest BCUT2D eigenvalue weighted by atomic mass is 14.3. The van der Waals surface area contributed by atoms with E-state index in [4.69, 9.17) is 0 Å². The van der Waals surface area contributed by atoms with Gasteiger partial charge in [0.15, 0.2) is 0 Å². The van der Waals surface area contributed by atoms with Gasteiger partial charge in [-0.2, -0.15) is 0 Å². The molecule has 1 saturated carbocycles. The summed E-state index contributed by atoms with van der Waals surface area (Å²) in [7, 11) is 0. The maximum absolute atomic E-state index is 2.55. The Morgan fingerprint density at radius 2 is 1.82 bits per heavy atom. The van der Waals surface area contributed by atoms with Crippen molar-refractivity contribution in [3.05, 3.63) is 0 Å². The molecule has 0 aliphatic heterocycles. The third kappa shape index (κ3) is 6.48. The Bertz CT molecular complexity index is 194. The molecule has 0 saturated heterocycles. The maximum Gasteiger partial charge on any atom is -0.0326 e. The molecule has 0 spiro atoms. The van der Waals surface area contributed by atoms with Crippen LogP contribution in [0.2, 0.25) is 0 Å². The Morgan fingerprint density at radius 3 is 2.53 bits per heavy atom. The summed E-state index contributed by atoms with van der Waals surface area (Å²) in [5.74, 6) is 1.88. The molecule has 2 atom stereocenters. The lowest BCUT2D eigenvalue weighted by atomic mass is 9.78. The molecule has 1 aliphatic carbocycles. The Balaban J connectivity index is 2.15. The second kappa shape index (κ2) is 7.44. The Labute approximate surface area is 110 Å². The maximum atomic E-state index is 2.55. The predicted molar refractivity (Wildman–Crippen MR) is 78.3 cm³/mol. The molecule has 2 unspecified atom stereocenters. The lowest BCUT2D eigenvalue weighted by molar-refractivity contribution is 0.241. The molecule has 0 heterocycles. The van der Waals surface area contributed by atoms with E-state index in [1.54, 1.807) is 0 Å². The average molecular weight is 238 g/mol. The molecule has 102 valence electrons. The van der Waals surface area contributed by atoms with E-state index >= 15 is 0 Å². The SMILES string of the molecule is CC(C)CCCCCC1(C)CCCC(C)CC1. The second-order valence-electron chi connectivity index (χ2n) is 7.34. The van der Waals surface area contributed by atoms with Gasteiger partial charge >= 0.3 is 0 Å². The van der Waals surface area contributed by atoms with Gasteiger partial charge in [-0.1, -0.05) is 72.6 Å². The summed E-state index contributed by atoms with van der Waals surface area (Å²) in [6, 6.07) is 0. The summed E-state index contributed by atoms with van der Waals surface area (Å²) < 4.78 is 0. The molecular formula is C17H34. The van der Waals surface area contributed by atoms with E-state index in [2.05, 4.69) is 27.7 Å². The molecule has 0 amide bonds. The first kappa shape index (κ1) is 15.1. The zero-order valence-corrected chi connectivity index (χ0v) is 12.7. The summed E-state index contributed by atoms with van der Waals surface area (Å²) in [6.45, 7) is 9.67. The van der Waals surface area contributed by atoms with Crippen LogP contribution >= 0.6 is 0 Å². The van der Waals surface area contributed by atoms with Crippen LogP contribution in [0, 0.1) is 17.3 Å². The Hall–Kier alpha value is 0. The zero-order chi connectivity index (χ0) is 12.7. The third-order valence-corrected chi connectivity index (χ3v) is 4.78. The minimum absolute atomic E-state index is 0.683. The molecule has 1 rings (SSSR count). The fourth-order valence-corrected chi connectivity index (χ4v) is 3.27. The van der Waals surface area contributed by atoms with Crippen molar-refractivity contribution in [2.24, 2.45) is 17.3 Å². The minimum atomic E-state index is 0.683. The topological polar surface area (TPSA) is 0 Å². The molecule has 0 radical (unpaired) electrons. The second-order valence-corrected chi connectivity index (χ2v) is 7.34. The van der Waals surface area contributed by atoms with E-state index in [-0.39, 0.29) is 0 Å². The highest BCUT2D eigenvalue weighted by Gasteiger charge is 2.26. The average Bonchev–Trinajstić information content (AvgIpc) is 2.41. The molecular weight excluding hydrogens is 204 g/mol. The standard InChI is InChI=1S/C17H34/c1-15(2)9-6-5-7-12-17(4)13-8-10-16(3)11-14-17/h15-16H,5-14H2,1-4H3. The summed E-state index contributed by atoms with van der Waals surface area (Å²) in [5, 5.41) is 0. The van der Waals surface area contributed by atoms with Gasteiger partial charge < -0.3 is 0 Å². The highest BCUT2D eigenvalue weighted by Crippen LogP contribution is 2.40. The van der Waals surface area contributed by atoms with Crippen LogP contribution in [0.1, 0.15) is 91.9 Å². The van der Waals surface area contributed by atoms with Crippen molar-refractivity contribution in [3.63, 3.8) is 0 Å². The number of hydrogen-bond acceptors (Lipinski definition) is 0. The van der Waals surface area contributed by atoms with Gasteiger partial charge in [-0.3, -0.25) is 0 Å². The minimum Gasteiger partial charge on any atom is -0.0628 e. The number of rotatable bonds is 6. The van der Waals surface area contributed by atoms with Crippen molar-refractivity contribution < 1.29 is 0 Å². The fraction of sp³-hybridized carbons (Fsp3) is 1.00. The van der Waals surface area contributed by atoms with Crippen LogP contribution in [0.15, 0.2) is 0 Å². The zero-order valence-electron chi connectivity index (χ0n) is 12.7. The highest BCUT2D eigenvalue weighted by molar-refractivity contribution is 4.78. The molecule has 0 N–H and O–H groups in total. The molecule has 1 fully saturated rings. The molecule has 0 aromatic rings. The van der Waals surface area contributed by atoms with E-state index in [9.17, 15) is 0 Å². The predicted octanol–water partition coefficient (Wildman–Crippen LogP) is 6.20. The fourth-order valence-electron chi connectivity index (χ4n) is 3.27. The normalized spacial score (nSPS) is 30.5. The molecule has 0 nitrogen and oxygen atoms in total. The molecule has 0 heteroatoms. The largest absolute Gasteiger partial charge is 0.0628 e. The molecule has 0 bridgehead atoms. The number of hydrogen-bond donors (Lipinski definition) is 0. The van der Waals surface area contributed by atoms with Crippen LogP contribution in [0.3, 0.4) is 0 Å². The number of unbranched alkanes of at least 4 members (excludes halogenated alkanes) is 2. The van der Waals surface area contributed by atoms with E-state index in [1.165, 1.54) is 64.2 Å². The third-order valence-electron chi connectivity index (χ3n) is 4.78. The van der Waals surface area contributed by atoms with E-state index in [1.807, 2.05) is 0 Å². The van der Waals surface area contributed by atoms with Crippen LogP contribution in [0.25, 0.3) is 0 Å². The van der Waals surface area contributed by atoms with Gasteiger partial charge in [-0.25, -0.2) is 0 Å². The van der Waals surface area contributed by atoms with E-state index in [0.717, 1.165) is 11.8 Å². The van der Waals surface area contributed by atoms with Crippen molar-refractivity contribution in [1.29, 1.82) is 0 Å². The van der Waals surface area contributed by atoms with Gasteiger partial charge in [0, 0.05) is 0 Å². The smallest absolute Gasteiger partial charge is 0.0326 e. The van der Waals surface area contributed by atoms with Crippen molar-refractivity contribution in [1.82, 2.24) is 0 Å². The van der Waals surface area contributed by atoms with Gasteiger partial charge in [0.05, 0.1) is 0 Å². The van der Waals surface area contributed by atoms with Gasteiger partial charge in [-0.15, -0.1) is 0 Å². The summed E-state index contributed by atoms with van der Waals surface area (Å²) >= 11 is 0. The monoisotopic (exact) mass is 238 g/mol. The lowest BCUT2D eigenvalue weighted by Crippen LogP contribution is -2.15.